The van der Waals surface area contributed by atoms with E-state index in [1.807, 2.05) is 0 Å². The second-order valence-corrected chi connectivity index (χ2v) is 8.68. The van der Waals surface area contributed by atoms with E-state index in [1.54, 1.807) is 14.1 Å². The van der Waals surface area contributed by atoms with Crippen LogP contribution in [0.3, 0.4) is 0 Å². The maximum atomic E-state index is 14.3. The molecule has 0 amide bonds. The SMILES string of the molecule is CCCC.C[B]c1sc2c(c1CO)c(=O)n(/C(N)=C/C=C(\N)OC)c(=O)n2Cc1c(F)cccc1F. The largest absolute Gasteiger partial charge is 0.483 e. The minimum atomic E-state index is -0.906. The van der Waals surface area contributed by atoms with E-state index in [9.17, 15) is 23.5 Å². The van der Waals surface area contributed by atoms with Gasteiger partial charge in [0.15, 0.2) is 13.2 Å². The van der Waals surface area contributed by atoms with Gasteiger partial charge in [-0.1, -0.05) is 39.6 Å². The van der Waals surface area contributed by atoms with Gasteiger partial charge in [0.2, 0.25) is 0 Å². The van der Waals surface area contributed by atoms with Crippen LogP contribution in [0.5, 0.6) is 0 Å². The highest BCUT2D eigenvalue weighted by molar-refractivity contribution is 7.27. The topological polar surface area (TPSA) is 126 Å². The van der Waals surface area contributed by atoms with E-state index in [4.69, 9.17) is 16.2 Å². The first-order valence-corrected chi connectivity index (χ1v) is 12.1. The molecule has 12 heteroatoms. The van der Waals surface area contributed by atoms with Crippen molar-refractivity contribution >= 4 is 39.4 Å². The molecule has 8 nitrogen and oxygen atoms in total. The molecule has 0 aliphatic heterocycles. The molecule has 3 aromatic rings. The van der Waals surface area contributed by atoms with E-state index in [0.717, 1.165) is 28.0 Å². The first-order valence-electron chi connectivity index (χ1n) is 11.3. The molecule has 3 rings (SSSR count). The number of aromatic nitrogens is 2. The van der Waals surface area contributed by atoms with Gasteiger partial charge < -0.3 is 21.3 Å². The van der Waals surface area contributed by atoms with Crippen molar-refractivity contribution in [2.24, 2.45) is 11.5 Å². The molecule has 0 saturated heterocycles. The first-order chi connectivity index (χ1) is 17.2. The van der Waals surface area contributed by atoms with Gasteiger partial charge in [-0.3, -0.25) is 9.36 Å². The summed E-state index contributed by atoms with van der Waals surface area (Å²) in [4.78, 5) is 26.7. The van der Waals surface area contributed by atoms with Gasteiger partial charge in [-0.05, 0) is 28.5 Å². The fourth-order valence-corrected chi connectivity index (χ4v) is 4.38. The van der Waals surface area contributed by atoms with Crippen molar-refractivity contribution in [3.8, 4) is 0 Å². The predicted octanol–water partition coefficient (Wildman–Crippen LogP) is 2.43. The second-order valence-electron chi connectivity index (χ2n) is 7.65. The maximum Gasteiger partial charge on any atom is 0.338 e. The van der Waals surface area contributed by atoms with Crippen LogP contribution in [0.1, 0.15) is 37.8 Å². The molecular formula is C24H30BF2N4O4S. The van der Waals surface area contributed by atoms with Crippen LogP contribution in [-0.2, 0) is 17.9 Å². The van der Waals surface area contributed by atoms with Gasteiger partial charge in [0.05, 0.1) is 25.6 Å². The first kappa shape index (κ1) is 28.9. The molecule has 0 spiro atoms. The predicted molar refractivity (Wildman–Crippen MR) is 141 cm³/mol. The minimum Gasteiger partial charge on any atom is -0.483 e. The highest BCUT2D eigenvalue weighted by atomic mass is 32.1. The Balaban J connectivity index is 0.00000106. The van der Waals surface area contributed by atoms with Gasteiger partial charge in [0.25, 0.3) is 5.56 Å². The van der Waals surface area contributed by atoms with Crippen LogP contribution in [0, 0.1) is 11.6 Å². The summed E-state index contributed by atoms with van der Waals surface area (Å²) in [6.45, 7) is 5.08. The Bertz CT molecular complexity index is 1370. The van der Waals surface area contributed by atoms with Gasteiger partial charge in [-0.25, -0.2) is 18.1 Å². The van der Waals surface area contributed by atoms with Gasteiger partial charge in [0, 0.05) is 11.6 Å². The molecule has 0 saturated carbocycles. The number of nitrogens with two attached hydrogens (primary N) is 2. The summed E-state index contributed by atoms with van der Waals surface area (Å²) >= 11 is 1.05. The van der Waals surface area contributed by atoms with Crippen molar-refractivity contribution in [1.29, 1.82) is 0 Å². The number of benzene rings is 1. The molecule has 193 valence electrons. The van der Waals surface area contributed by atoms with Crippen LogP contribution in [0.2, 0.25) is 6.82 Å². The standard InChI is InChI=1S/C20H20BF2N4O4S.C4H10/c1-21-17-11(9-28)16-18(29)27(14(24)6-7-15(25)31-2)20(30)26(19(16)32-17)8-10-12(22)4-3-5-13(10)23;1-3-4-2/h3-7,28H,8-9,24-25H2,1-2H3;3-4H2,1-2H3/b14-6+,15-7+;. The molecule has 2 heterocycles. The van der Waals surface area contributed by atoms with Crippen molar-refractivity contribution in [1.82, 2.24) is 9.13 Å². The number of aliphatic hydroxyl groups is 1. The van der Waals surface area contributed by atoms with E-state index in [1.165, 1.54) is 38.2 Å². The number of nitrogens with zero attached hydrogens (tertiary/aromatic N) is 2. The number of ether oxygens (including phenoxy) is 1. The Morgan fingerprint density at radius 2 is 1.75 bits per heavy atom. The van der Waals surface area contributed by atoms with E-state index >= 15 is 0 Å². The van der Waals surface area contributed by atoms with Crippen LogP contribution in [0.25, 0.3) is 16.0 Å². The van der Waals surface area contributed by atoms with E-state index in [0.29, 0.717) is 9.34 Å². The van der Waals surface area contributed by atoms with Gasteiger partial charge >= 0.3 is 5.69 Å². The van der Waals surface area contributed by atoms with Crippen molar-refractivity contribution in [2.45, 2.75) is 46.7 Å². The Hall–Kier alpha value is -3.38. The molecule has 36 heavy (non-hydrogen) atoms. The molecule has 5 N–H and O–H groups in total. The summed E-state index contributed by atoms with van der Waals surface area (Å²) < 4.78 is 35.7. The molecule has 1 aromatic carbocycles. The third kappa shape index (κ3) is 6.06. The normalized spacial score (nSPS) is 11.9. The molecule has 0 aliphatic rings. The monoisotopic (exact) mass is 519 g/mol. The highest BCUT2D eigenvalue weighted by Gasteiger charge is 2.23. The molecule has 0 unspecified atom stereocenters. The third-order valence-electron chi connectivity index (χ3n) is 5.31. The maximum absolute atomic E-state index is 14.3. The van der Waals surface area contributed by atoms with E-state index in [2.05, 4.69) is 13.8 Å². The van der Waals surface area contributed by atoms with Crippen LogP contribution >= 0.6 is 11.3 Å². The lowest BCUT2D eigenvalue weighted by Crippen LogP contribution is -2.41. The number of unbranched alkanes of at least 4 members (excludes halogenated alkanes) is 1. The molecule has 0 bridgehead atoms. The number of fused-ring (bicyclic) bond motifs is 1. The summed E-state index contributed by atoms with van der Waals surface area (Å²) in [5.74, 6) is -2.00. The van der Waals surface area contributed by atoms with E-state index < -0.39 is 36.0 Å². The molecule has 0 atom stereocenters. The fraction of sp³-hybridized carbons (Fsp3) is 0.333. The number of methoxy groups -OCH3 is 1. The molecule has 1 radical (unpaired) electrons. The number of aliphatic hydroxyl groups excluding tert-OH is 1. The zero-order chi connectivity index (χ0) is 27.0. The van der Waals surface area contributed by atoms with Gasteiger partial charge in [0.1, 0.15) is 22.3 Å². The summed E-state index contributed by atoms with van der Waals surface area (Å²) in [6, 6.07) is 3.35. The third-order valence-corrected chi connectivity index (χ3v) is 6.63. The summed E-state index contributed by atoms with van der Waals surface area (Å²) in [5.41, 5.74) is 9.78. The van der Waals surface area contributed by atoms with Crippen LogP contribution in [0.4, 0.5) is 8.78 Å². The molecule has 2 aromatic heterocycles. The van der Waals surface area contributed by atoms with Crippen molar-refractivity contribution < 1.29 is 18.6 Å². The Labute approximate surface area is 212 Å². The summed E-state index contributed by atoms with van der Waals surface area (Å²) in [7, 11) is 2.99. The Morgan fingerprint density at radius 3 is 2.25 bits per heavy atom. The Morgan fingerprint density at radius 1 is 1.14 bits per heavy atom. The lowest BCUT2D eigenvalue weighted by atomic mass is 9.78. The number of rotatable bonds is 8. The lowest BCUT2D eigenvalue weighted by Gasteiger charge is -2.13. The molecule has 0 aliphatic carbocycles. The van der Waals surface area contributed by atoms with Crippen molar-refractivity contribution in [3.63, 3.8) is 0 Å². The zero-order valence-electron chi connectivity index (χ0n) is 20.7. The van der Waals surface area contributed by atoms with Gasteiger partial charge in [-0.2, -0.15) is 0 Å². The molecular weight excluding hydrogens is 489 g/mol. The zero-order valence-corrected chi connectivity index (χ0v) is 21.5. The number of allylic oxidation sites excluding steroid dienone is 2. The second kappa shape index (κ2) is 13.1. The highest BCUT2D eigenvalue weighted by Crippen LogP contribution is 2.22. The molecule has 0 fully saturated rings. The van der Waals surface area contributed by atoms with Crippen molar-refractivity contribution in [3.05, 3.63) is 79.8 Å². The lowest BCUT2D eigenvalue weighted by molar-refractivity contribution is 0.284. The van der Waals surface area contributed by atoms with Crippen LogP contribution in [-0.4, -0.2) is 28.6 Å². The quantitative estimate of drug-likeness (QED) is 0.239. The van der Waals surface area contributed by atoms with Crippen LogP contribution < -0.4 is 27.5 Å². The summed E-state index contributed by atoms with van der Waals surface area (Å²) in [5, 5.41) is 9.91. The smallest absolute Gasteiger partial charge is 0.338 e. The van der Waals surface area contributed by atoms with Crippen molar-refractivity contribution in [2.75, 3.05) is 7.11 Å². The number of thiophene rings is 1. The minimum absolute atomic E-state index is 0.0229. The Kier molecular flexibility index (Phi) is 10.5. The van der Waals surface area contributed by atoms with Gasteiger partial charge in [-0.15, -0.1) is 11.3 Å². The average molecular weight is 519 g/mol. The number of hydrogen-bond acceptors (Lipinski definition) is 7. The van der Waals surface area contributed by atoms with Crippen LogP contribution in [0.15, 0.2) is 45.8 Å². The number of hydrogen-bond donors (Lipinski definition) is 3. The average Bonchev–Trinajstić information content (AvgIpc) is 3.25. The number of halogens is 2. The fourth-order valence-electron chi connectivity index (χ4n) is 3.19. The van der Waals surface area contributed by atoms with E-state index in [-0.39, 0.29) is 33.0 Å². The summed E-state index contributed by atoms with van der Waals surface area (Å²) in [6.07, 6.45) is 5.08.